The monoisotopic (exact) mass is 651 g/mol. The summed E-state index contributed by atoms with van der Waals surface area (Å²) in [7, 11) is 1.48. The lowest BCUT2D eigenvalue weighted by Crippen LogP contribution is -2.35. The van der Waals surface area contributed by atoms with Crippen molar-refractivity contribution in [3.63, 3.8) is 0 Å². The van der Waals surface area contributed by atoms with E-state index in [0.29, 0.717) is 29.9 Å². The number of carbonyl (C=O) groups excluding carboxylic acids is 2. The van der Waals surface area contributed by atoms with Gasteiger partial charge in [0.25, 0.3) is 0 Å². The van der Waals surface area contributed by atoms with Crippen LogP contribution < -0.4 is 4.90 Å². The first kappa shape index (κ1) is 33.7. The van der Waals surface area contributed by atoms with Gasteiger partial charge in [0.15, 0.2) is 0 Å². The number of allylic oxidation sites excluding steroid dienone is 1. The van der Waals surface area contributed by atoms with Gasteiger partial charge in [-0.25, -0.2) is 4.90 Å². The standard InChI is InChI=1S/C34H35F6NO5/c1-5-19(10-20-8-17(2)30(42)18(3)9-20)6-7-27-28-21(15-45-4)11-25-29(26(28)16-46-27)32(44)41(31(25)43)24-13-22(33(35,36)37)12-23(14-24)34(38,39)40/h8-10,12-14,25-27,29,42H,5-7,11,15-16H2,1-4H3/b19-10+/t25-,26+,27-,29-/m1/s1. The lowest BCUT2D eigenvalue weighted by atomic mass is 9.69. The van der Waals surface area contributed by atoms with Gasteiger partial charge in [-0.05, 0) is 97.7 Å². The number of carbonyl (C=O) groups is 2. The molecule has 2 saturated heterocycles. The summed E-state index contributed by atoms with van der Waals surface area (Å²) in [5, 5.41) is 10.1. The molecule has 0 unspecified atom stereocenters. The van der Waals surface area contributed by atoms with Gasteiger partial charge in [-0.3, -0.25) is 9.59 Å². The van der Waals surface area contributed by atoms with Crippen LogP contribution in [0.15, 0.2) is 47.1 Å². The number of ether oxygens (including phenoxy) is 2. The number of rotatable bonds is 8. The van der Waals surface area contributed by atoms with Crippen molar-refractivity contribution in [1.82, 2.24) is 0 Å². The lowest BCUT2D eigenvalue weighted by Gasteiger charge is -2.31. The third kappa shape index (κ3) is 6.33. The molecule has 46 heavy (non-hydrogen) atoms. The summed E-state index contributed by atoms with van der Waals surface area (Å²) < 4.78 is 93.1. The number of hydrogen-bond acceptors (Lipinski definition) is 5. The SMILES string of the molecule is CC/C(=C\c1cc(C)c(O)c(C)c1)CC[C@H]1OC[C@H]2C1=C(COC)C[C@H]1C(=O)N(c3cc(C(F)(F)F)cc(C(F)(F)F)c3)C(=O)[C@H]12. The molecule has 6 nitrogen and oxygen atoms in total. The molecule has 2 heterocycles. The van der Waals surface area contributed by atoms with E-state index in [1.165, 1.54) is 7.11 Å². The number of aryl methyl sites for hydroxylation is 2. The molecule has 248 valence electrons. The molecular formula is C34H35F6NO5. The van der Waals surface area contributed by atoms with Gasteiger partial charge in [-0.2, -0.15) is 26.3 Å². The number of imide groups is 1. The molecule has 1 N–H and O–H groups in total. The van der Waals surface area contributed by atoms with Gasteiger partial charge in [0, 0.05) is 13.0 Å². The summed E-state index contributed by atoms with van der Waals surface area (Å²) in [6, 6.07) is 4.59. The van der Waals surface area contributed by atoms with Gasteiger partial charge in [0.2, 0.25) is 11.8 Å². The van der Waals surface area contributed by atoms with Gasteiger partial charge in [-0.15, -0.1) is 0 Å². The van der Waals surface area contributed by atoms with Crippen LogP contribution in [0.1, 0.15) is 60.4 Å². The molecule has 0 saturated carbocycles. The summed E-state index contributed by atoms with van der Waals surface area (Å²) in [5.41, 5.74) is 1.22. The first-order valence-electron chi connectivity index (χ1n) is 15.0. The van der Waals surface area contributed by atoms with Crippen LogP contribution in [0.2, 0.25) is 0 Å². The molecule has 12 heteroatoms. The zero-order chi connectivity index (χ0) is 33.7. The van der Waals surface area contributed by atoms with Crippen molar-refractivity contribution in [1.29, 1.82) is 0 Å². The van der Waals surface area contributed by atoms with Gasteiger partial charge in [-0.1, -0.05) is 18.6 Å². The van der Waals surface area contributed by atoms with E-state index in [9.17, 15) is 41.0 Å². The molecule has 4 atom stereocenters. The number of methoxy groups -OCH3 is 1. The van der Waals surface area contributed by atoms with Crippen molar-refractivity contribution in [2.75, 3.05) is 25.2 Å². The summed E-state index contributed by atoms with van der Waals surface area (Å²) in [4.78, 5) is 27.9. The predicted molar refractivity (Wildman–Crippen MR) is 158 cm³/mol. The fourth-order valence-corrected chi connectivity index (χ4v) is 7.08. The number of phenolic OH excluding ortho intramolecular Hbond substituents is 1. The molecule has 0 spiro atoms. The highest BCUT2D eigenvalue weighted by Crippen LogP contribution is 2.51. The Morgan fingerprint density at radius 1 is 0.978 bits per heavy atom. The molecule has 3 aliphatic rings. The van der Waals surface area contributed by atoms with Crippen LogP contribution in [0, 0.1) is 31.6 Å². The number of nitrogens with zero attached hydrogens (tertiary/aromatic N) is 1. The van der Waals surface area contributed by atoms with Crippen LogP contribution in [-0.4, -0.2) is 43.3 Å². The number of anilines is 1. The molecule has 2 amide bonds. The van der Waals surface area contributed by atoms with E-state index >= 15 is 0 Å². The van der Waals surface area contributed by atoms with Crippen LogP contribution in [0.5, 0.6) is 5.75 Å². The summed E-state index contributed by atoms with van der Waals surface area (Å²) in [5.74, 6) is -3.95. The number of benzene rings is 2. The van der Waals surface area contributed by atoms with E-state index in [1.807, 2.05) is 32.9 Å². The number of aromatic hydroxyl groups is 1. The van der Waals surface area contributed by atoms with Gasteiger partial charge < -0.3 is 14.6 Å². The van der Waals surface area contributed by atoms with Crippen molar-refractivity contribution in [2.45, 2.75) is 64.9 Å². The quantitative estimate of drug-likeness (QED) is 0.179. The van der Waals surface area contributed by atoms with E-state index in [0.717, 1.165) is 39.8 Å². The van der Waals surface area contributed by atoms with Crippen LogP contribution in [0.4, 0.5) is 32.0 Å². The summed E-state index contributed by atoms with van der Waals surface area (Å²) in [6.45, 7) is 5.91. The molecule has 5 rings (SSSR count). The fourth-order valence-electron chi connectivity index (χ4n) is 7.08. The number of halogens is 6. The second-order valence-corrected chi connectivity index (χ2v) is 12.2. The Balaban J connectivity index is 1.43. The van der Waals surface area contributed by atoms with E-state index < -0.39 is 64.8 Å². The number of hydrogen-bond donors (Lipinski definition) is 1. The van der Waals surface area contributed by atoms with Gasteiger partial charge in [0.05, 0.1) is 48.0 Å². The van der Waals surface area contributed by atoms with Crippen molar-refractivity contribution in [3.8, 4) is 5.75 Å². The number of fused-ring (bicyclic) bond motifs is 3. The predicted octanol–water partition coefficient (Wildman–Crippen LogP) is 7.79. The Morgan fingerprint density at radius 2 is 1.59 bits per heavy atom. The Morgan fingerprint density at radius 3 is 2.13 bits per heavy atom. The second kappa shape index (κ2) is 12.5. The number of alkyl halides is 6. The smallest absolute Gasteiger partial charge is 0.416 e. The second-order valence-electron chi connectivity index (χ2n) is 12.2. The highest BCUT2D eigenvalue weighted by atomic mass is 19.4. The normalized spacial score (nSPS) is 23.8. The maximum Gasteiger partial charge on any atom is 0.416 e. The minimum Gasteiger partial charge on any atom is -0.507 e. The van der Waals surface area contributed by atoms with Crippen LogP contribution in [-0.2, 0) is 31.4 Å². The van der Waals surface area contributed by atoms with Crippen LogP contribution >= 0.6 is 0 Å². The lowest BCUT2D eigenvalue weighted by molar-refractivity contribution is -0.143. The Bertz CT molecular complexity index is 1550. The Labute approximate surface area is 262 Å². The highest BCUT2D eigenvalue weighted by Gasteiger charge is 2.57. The molecule has 2 aromatic rings. The van der Waals surface area contributed by atoms with E-state index in [2.05, 4.69) is 6.08 Å². The molecule has 0 bridgehead atoms. The maximum absolute atomic E-state index is 13.8. The van der Waals surface area contributed by atoms with E-state index in [4.69, 9.17) is 9.47 Å². The molecular weight excluding hydrogens is 616 g/mol. The average molecular weight is 652 g/mol. The maximum atomic E-state index is 13.8. The largest absolute Gasteiger partial charge is 0.507 e. The topological polar surface area (TPSA) is 76.1 Å². The van der Waals surface area contributed by atoms with Crippen molar-refractivity contribution >= 4 is 23.6 Å². The molecule has 1 aliphatic carbocycles. The number of phenols is 1. The minimum atomic E-state index is -5.13. The molecule has 2 aromatic carbocycles. The third-order valence-corrected chi connectivity index (χ3v) is 9.22. The summed E-state index contributed by atoms with van der Waals surface area (Å²) in [6.07, 6.45) is -6.57. The van der Waals surface area contributed by atoms with Crippen molar-refractivity contribution < 1.29 is 50.5 Å². The van der Waals surface area contributed by atoms with Crippen molar-refractivity contribution in [2.24, 2.45) is 17.8 Å². The van der Waals surface area contributed by atoms with Gasteiger partial charge >= 0.3 is 12.4 Å². The molecule has 0 aromatic heterocycles. The third-order valence-electron chi connectivity index (χ3n) is 9.22. The van der Waals surface area contributed by atoms with E-state index in [-0.39, 0.29) is 31.5 Å². The highest BCUT2D eigenvalue weighted by molar-refractivity contribution is 6.22. The molecule has 2 aliphatic heterocycles. The van der Waals surface area contributed by atoms with E-state index in [1.54, 1.807) is 0 Å². The molecule has 2 fully saturated rings. The average Bonchev–Trinajstić information content (AvgIpc) is 3.51. The van der Waals surface area contributed by atoms with Crippen LogP contribution in [0.25, 0.3) is 6.08 Å². The fraction of sp³-hybridized carbons (Fsp3) is 0.471. The first-order valence-corrected chi connectivity index (χ1v) is 15.0. The van der Waals surface area contributed by atoms with Crippen LogP contribution in [0.3, 0.4) is 0 Å². The van der Waals surface area contributed by atoms with Gasteiger partial charge in [0.1, 0.15) is 5.75 Å². The minimum absolute atomic E-state index is 0.0314. The Kier molecular flexibility index (Phi) is 9.18. The Hall–Kier alpha value is -3.64. The first-order chi connectivity index (χ1) is 21.5. The van der Waals surface area contributed by atoms with Crippen molar-refractivity contribution in [3.05, 3.63) is 74.9 Å². The zero-order valence-electron chi connectivity index (χ0n) is 25.8. The zero-order valence-corrected chi connectivity index (χ0v) is 25.8. The molecule has 0 radical (unpaired) electrons. The number of amides is 2. The summed E-state index contributed by atoms with van der Waals surface area (Å²) >= 11 is 0.